The van der Waals surface area contributed by atoms with Gasteiger partial charge in [-0.1, -0.05) is 32.0 Å². The number of amides is 1. The third-order valence-electron chi connectivity index (χ3n) is 5.29. The van der Waals surface area contributed by atoms with Crippen LogP contribution in [0.2, 0.25) is 0 Å². The number of aromatic nitrogens is 7. The molecular weight excluding hydrogens is 453 g/mol. The van der Waals surface area contributed by atoms with Crippen LogP contribution in [0.5, 0.6) is 0 Å². The van der Waals surface area contributed by atoms with E-state index in [9.17, 15) is 4.79 Å². The minimum atomic E-state index is -0.510. The lowest BCUT2D eigenvalue weighted by molar-refractivity contribution is 0.0926. The maximum absolute atomic E-state index is 15.4. The molecule has 0 aliphatic carbocycles. The molecule has 1 atom stereocenters. The molecule has 182 valence electrons. The molecule has 2 N–H and O–H groups in total. The zero-order chi connectivity index (χ0) is 25.3. The average Bonchev–Trinajstić information content (AvgIpc) is 3.45. The fourth-order valence-corrected chi connectivity index (χ4v) is 3.40. The van der Waals surface area contributed by atoms with Gasteiger partial charge in [-0.15, -0.1) is 0 Å². The van der Waals surface area contributed by atoms with Crippen molar-refractivity contribution in [3.8, 4) is 11.4 Å². The van der Waals surface area contributed by atoms with Gasteiger partial charge in [0, 0.05) is 18.7 Å². The van der Waals surface area contributed by atoms with Crippen molar-refractivity contribution in [1.29, 1.82) is 0 Å². The molecule has 11 nitrogen and oxygen atoms in total. The molecule has 0 fully saturated rings. The lowest BCUT2D eigenvalue weighted by Gasteiger charge is -2.17. The second-order valence-corrected chi connectivity index (χ2v) is 9.17. The Kier molecular flexibility index (Phi) is 6.29. The summed E-state index contributed by atoms with van der Waals surface area (Å²) in [6.07, 6.45) is 4.69. The number of anilines is 2. The van der Waals surface area contributed by atoms with Crippen molar-refractivity contribution in [2.45, 2.75) is 46.1 Å². The molecule has 4 aromatic rings. The molecule has 0 aliphatic heterocycles. The Hall–Kier alpha value is -4.22. The van der Waals surface area contributed by atoms with Crippen molar-refractivity contribution in [2.24, 2.45) is 7.05 Å². The number of rotatable bonds is 6. The van der Waals surface area contributed by atoms with Gasteiger partial charge in [-0.2, -0.15) is 15.1 Å². The lowest BCUT2D eigenvalue weighted by atomic mass is 9.97. The zero-order valence-corrected chi connectivity index (χ0v) is 20.3. The van der Waals surface area contributed by atoms with Crippen LogP contribution in [0.1, 0.15) is 61.4 Å². The molecule has 0 spiro atoms. The van der Waals surface area contributed by atoms with E-state index in [1.807, 2.05) is 20.8 Å². The Bertz CT molecular complexity index is 1370. The average molecular weight is 480 g/mol. The number of carbonyl (C=O) groups is 1. The number of carbonyl (C=O) groups excluding carboxylic acids is 1. The Labute approximate surface area is 201 Å². The Morgan fingerprint density at radius 2 is 1.97 bits per heavy atom. The molecule has 3 heterocycles. The van der Waals surface area contributed by atoms with E-state index in [1.165, 1.54) is 6.33 Å². The predicted octanol–water partition coefficient (Wildman–Crippen LogP) is 3.63. The Balaban J connectivity index is 1.53. The van der Waals surface area contributed by atoms with E-state index in [-0.39, 0.29) is 28.6 Å². The summed E-state index contributed by atoms with van der Waals surface area (Å²) in [6.45, 7) is 9.11. The van der Waals surface area contributed by atoms with Crippen molar-refractivity contribution >= 4 is 17.5 Å². The van der Waals surface area contributed by atoms with Crippen LogP contribution in [0, 0.1) is 12.7 Å². The summed E-state index contributed by atoms with van der Waals surface area (Å²) in [5, 5.41) is 13.6. The number of nitrogens with one attached hydrogen (secondary N) is 2. The lowest BCUT2D eigenvalue weighted by Crippen LogP contribution is -2.28. The van der Waals surface area contributed by atoms with Gasteiger partial charge in [0.15, 0.2) is 5.82 Å². The molecule has 4 rings (SSSR count). The van der Waals surface area contributed by atoms with Gasteiger partial charge in [0.05, 0.1) is 23.5 Å². The second kappa shape index (κ2) is 9.20. The van der Waals surface area contributed by atoms with Crippen LogP contribution in [0.15, 0.2) is 35.4 Å². The summed E-state index contributed by atoms with van der Waals surface area (Å²) < 4.78 is 22.2. The highest BCUT2D eigenvalue weighted by Gasteiger charge is 2.25. The molecule has 1 amide bonds. The summed E-state index contributed by atoms with van der Waals surface area (Å²) in [5.41, 5.74) is 1.49. The normalized spacial score (nSPS) is 12.4. The monoisotopic (exact) mass is 479 g/mol. The van der Waals surface area contributed by atoms with Crippen LogP contribution < -0.4 is 10.6 Å². The first kappa shape index (κ1) is 23.9. The smallest absolute Gasteiger partial charge is 0.293 e. The van der Waals surface area contributed by atoms with Gasteiger partial charge in [0.2, 0.25) is 11.8 Å². The van der Waals surface area contributed by atoms with Gasteiger partial charge in [-0.3, -0.25) is 9.48 Å². The van der Waals surface area contributed by atoms with E-state index in [1.54, 1.807) is 50.1 Å². The van der Waals surface area contributed by atoms with Crippen LogP contribution in [0.25, 0.3) is 11.4 Å². The van der Waals surface area contributed by atoms with Crippen molar-refractivity contribution in [3.63, 3.8) is 0 Å². The van der Waals surface area contributed by atoms with Crippen LogP contribution >= 0.6 is 0 Å². The zero-order valence-electron chi connectivity index (χ0n) is 20.3. The van der Waals surface area contributed by atoms with Gasteiger partial charge in [0.25, 0.3) is 11.7 Å². The number of hydrogen-bond acceptors (Lipinski definition) is 9. The maximum atomic E-state index is 15.4. The first-order valence-electron chi connectivity index (χ1n) is 10.9. The van der Waals surface area contributed by atoms with Crippen molar-refractivity contribution in [1.82, 2.24) is 40.2 Å². The standard InChI is InChI=1S/C23H26FN9O2/c1-12-15(13(2)28-20(34)19-30-21(35-32-19)23(3,4)5)7-8-16(17(12)24)18-25-11-26-22(31-18)29-14-9-27-33(6)10-14/h7-11,13H,1-6H3,(H,28,34)(H,25,26,29,31)/t13-/m1/s1. The van der Waals surface area contributed by atoms with Crippen LogP contribution in [0.4, 0.5) is 16.0 Å². The Morgan fingerprint density at radius 3 is 2.63 bits per heavy atom. The van der Waals surface area contributed by atoms with Gasteiger partial charge in [-0.05, 0) is 31.0 Å². The number of halogens is 1. The van der Waals surface area contributed by atoms with Crippen molar-refractivity contribution in [2.75, 3.05) is 5.32 Å². The summed E-state index contributed by atoms with van der Waals surface area (Å²) in [6, 6.07) is 2.80. The fraction of sp³-hybridized carbons (Fsp3) is 0.348. The molecule has 0 unspecified atom stereocenters. The molecule has 0 saturated carbocycles. The summed E-state index contributed by atoms with van der Waals surface area (Å²) >= 11 is 0. The van der Waals surface area contributed by atoms with Gasteiger partial charge < -0.3 is 15.2 Å². The highest BCUT2D eigenvalue weighted by molar-refractivity contribution is 5.90. The van der Waals surface area contributed by atoms with Gasteiger partial charge >= 0.3 is 0 Å². The molecule has 12 heteroatoms. The molecule has 0 bridgehead atoms. The molecule has 0 aliphatic rings. The van der Waals surface area contributed by atoms with Crippen LogP contribution in [-0.2, 0) is 12.5 Å². The van der Waals surface area contributed by atoms with Crippen molar-refractivity contribution < 1.29 is 13.7 Å². The topological polar surface area (TPSA) is 137 Å². The third-order valence-corrected chi connectivity index (χ3v) is 5.29. The number of benzene rings is 1. The first-order valence-corrected chi connectivity index (χ1v) is 10.9. The minimum absolute atomic E-state index is 0.0737. The molecule has 1 aromatic carbocycles. The van der Waals surface area contributed by atoms with Gasteiger partial charge in [-0.25, -0.2) is 14.4 Å². The summed E-state index contributed by atoms with van der Waals surface area (Å²) in [4.78, 5) is 29.3. The van der Waals surface area contributed by atoms with Crippen LogP contribution in [0.3, 0.4) is 0 Å². The molecule has 0 saturated heterocycles. The Morgan fingerprint density at radius 1 is 1.20 bits per heavy atom. The van der Waals surface area contributed by atoms with E-state index < -0.39 is 17.8 Å². The number of hydrogen-bond donors (Lipinski definition) is 2. The maximum Gasteiger partial charge on any atom is 0.293 e. The number of nitrogens with zero attached hydrogens (tertiary/aromatic N) is 7. The van der Waals surface area contributed by atoms with E-state index in [4.69, 9.17) is 4.52 Å². The van der Waals surface area contributed by atoms with E-state index >= 15 is 4.39 Å². The minimum Gasteiger partial charge on any atom is -0.343 e. The summed E-state index contributed by atoms with van der Waals surface area (Å²) in [7, 11) is 1.79. The molecule has 0 radical (unpaired) electrons. The molecule has 35 heavy (non-hydrogen) atoms. The van der Waals surface area contributed by atoms with Gasteiger partial charge in [0.1, 0.15) is 12.1 Å². The third kappa shape index (κ3) is 5.15. The predicted molar refractivity (Wildman–Crippen MR) is 125 cm³/mol. The largest absolute Gasteiger partial charge is 0.343 e. The fourth-order valence-electron chi connectivity index (χ4n) is 3.40. The molecular formula is C23H26FN9O2. The van der Waals surface area contributed by atoms with E-state index in [0.29, 0.717) is 22.7 Å². The molecule has 3 aromatic heterocycles. The quantitative estimate of drug-likeness (QED) is 0.425. The van der Waals surface area contributed by atoms with E-state index in [0.717, 1.165) is 0 Å². The SMILES string of the molecule is Cc1c([C@@H](C)NC(=O)c2noc(C(C)(C)C)n2)ccc(-c2ncnc(Nc3cnn(C)c3)n2)c1F. The summed E-state index contributed by atoms with van der Waals surface area (Å²) in [5.74, 6) is -0.274. The number of aryl methyl sites for hydroxylation is 1. The van der Waals surface area contributed by atoms with Crippen molar-refractivity contribution in [3.05, 3.63) is 59.5 Å². The van der Waals surface area contributed by atoms with E-state index in [2.05, 4.69) is 40.8 Å². The highest BCUT2D eigenvalue weighted by atomic mass is 19.1. The first-order chi connectivity index (χ1) is 16.5. The second-order valence-electron chi connectivity index (χ2n) is 9.17. The van der Waals surface area contributed by atoms with Crippen LogP contribution in [-0.4, -0.2) is 40.8 Å². The highest BCUT2D eigenvalue weighted by Crippen LogP contribution is 2.28.